The van der Waals surface area contributed by atoms with Gasteiger partial charge in [-0.25, -0.2) is 19.4 Å². The van der Waals surface area contributed by atoms with Gasteiger partial charge in [0.25, 0.3) is 0 Å². The number of rotatable bonds is 22. The summed E-state index contributed by atoms with van der Waals surface area (Å²) in [7, 11) is 0. The molecule has 0 aliphatic rings. The smallest absolute Gasteiger partial charge is 0.247 e. The molecule has 0 radical (unpaired) electrons. The summed E-state index contributed by atoms with van der Waals surface area (Å²) in [5, 5.41) is 0. The van der Waals surface area contributed by atoms with Crippen LogP contribution in [0, 0.1) is 0 Å². The molecule has 4 nitrogen and oxygen atoms in total. The summed E-state index contributed by atoms with van der Waals surface area (Å²) in [6.07, 6.45) is 21.2. The molecule has 0 N–H and O–H groups in total. The first-order chi connectivity index (χ1) is 14.7. The molecule has 0 saturated heterocycles. The fourth-order valence-electron chi connectivity index (χ4n) is 3.38. The average Bonchev–Trinajstić information content (AvgIpc) is 2.75. The number of alkyl halides is 2. The Morgan fingerprint density at radius 3 is 0.900 bits per heavy atom. The van der Waals surface area contributed by atoms with Gasteiger partial charge in [0.1, 0.15) is 0 Å². The zero-order chi connectivity index (χ0) is 22.1. The van der Waals surface area contributed by atoms with Gasteiger partial charge in [-0.3, -0.25) is 0 Å². The second kappa shape index (κ2) is 24.8. The molecule has 0 aromatic carbocycles. The number of hydrogen-bond acceptors (Lipinski definition) is 4. The summed E-state index contributed by atoms with van der Waals surface area (Å²) in [5.74, 6) is 0.640. The Morgan fingerprint density at radius 1 is 0.400 bits per heavy atom. The third-order valence-electron chi connectivity index (χ3n) is 5.26. The highest BCUT2D eigenvalue weighted by atomic mass is 35.5. The largest absolute Gasteiger partial charge is 0.355 e. The molecule has 0 unspecified atom stereocenters. The van der Waals surface area contributed by atoms with E-state index in [2.05, 4.69) is 9.78 Å². The van der Waals surface area contributed by atoms with Crippen molar-refractivity contribution in [2.75, 3.05) is 11.8 Å². The van der Waals surface area contributed by atoms with Crippen LogP contribution in [0.5, 0.6) is 0 Å². The summed E-state index contributed by atoms with van der Waals surface area (Å²) in [4.78, 5) is 32.5. The van der Waals surface area contributed by atoms with Gasteiger partial charge in [-0.05, 0) is 25.7 Å². The molecular weight excluding hydrogens is 423 g/mol. The van der Waals surface area contributed by atoms with E-state index >= 15 is 0 Å². The monoisotopic (exact) mass is 466 g/mol. The highest BCUT2D eigenvalue weighted by Gasteiger charge is 2.09. The lowest BCUT2D eigenvalue weighted by atomic mass is 10.1. The molecule has 0 heterocycles. The van der Waals surface area contributed by atoms with Crippen LogP contribution in [-0.2, 0) is 19.4 Å². The molecule has 6 heteroatoms. The SMILES string of the molecule is O=C(CCCCCCCCCCCCl)OOC(=O)CCCCCCCCCCCCl. The minimum Gasteiger partial charge on any atom is -0.247 e. The van der Waals surface area contributed by atoms with Crippen LogP contribution in [0.15, 0.2) is 0 Å². The number of carbonyl (C=O) groups is 2. The van der Waals surface area contributed by atoms with Crippen molar-refractivity contribution in [3.8, 4) is 0 Å². The lowest BCUT2D eigenvalue weighted by Gasteiger charge is -2.04. The second-order valence-electron chi connectivity index (χ2n) is 8.15. The number of carbonyl (C=O) groups excluding carboxylic acids is 2. The van der Waals surface area contributed by atoms with Crippen molar-refractivity contribution in [2.24, 2.45) is 0 Å². The van der Waals surface area contributed by atoms with E-state index in [0.29, 0.717) is 12.8 Å². The predicted octanol–water partition coefficient (Wildman–Crippen LogP) is 8.27. The molecule has 0 rings (SSSR count). The zero-order valence-electron chi connectivity index (χ0n) is 18.9. The van der Waals surface area contributed by atoms with Crippen LogP contribution in [0.3, 0.4) is 0 Å². The summed E-state index contributed by atoms with van der Waals surface area (Å²) in [6.45, 7) is 0. The number of unbranched alkanes of at least 4 members (excludes halogenated alkanes) is 16. The molecule has 0 saturated carbocycles. The maximum absolute atomic E-state index is 11.6. The molecule has 0 aromatic rings. The van der Waals surface area contributed by atoms with E-state index in [1.165, 1.54) is 64.2 Å². The van der Waals surface area contributed by atoms with Gasteiger partial charge in [0.05, 0.1) is 12.8 Å². The lowest BCUT2D eigenvalue weighted by molar-refractivity contribution is -0.259. The Hall–Kier alpha value is -0.480. The van der Waals surface area contributed by atoms with Crippen molar-refractivity contribution in [1.29, 1.82) is 0 Å². The molecule has 0 fully saturated rings. The summed E-state index contributed by atoms with van der Waals surface area (Å²) in [5.41, 5.74) is 0. The van der Waals surface area contributed by atoms with E-state index in [9.17, 15) is 9.59 Å². The Bertz CT molecular complexity index is 355. The first-order valence-electron chi connectivity index (χ1n) is 12.2. The van der Waals surface area contributed by atoms with E-state index in [0.717, 1.165) is 63.1 Å². The predicted molar refractivity (Wildman–Crippen MR) is 126 cm³/mol. The Labute approximate surface area is 194 Å². The normalized spacial score (nSPS) is 10.9. The topological polar surface area (TPSA) is 52.6 Å². The van der Waals surface area contributed by atoms with Crippen LogP contribution in [-0.4, -0.2) is 23.7 Å². The fraction of sp³-hybridized carbons (Fsp3) is 0.917. The third-order valence-corrected chi connectivity index (χ3v) is 5.79. The van der Waals surface area contributed by atoms with Crippen molar-refractivity contribution >= 4 is 35.1 Å². The van der Waals surface area contributed by atoms with Gasteiger partial charge in [0.15, 0.2) is 0 Å². The van der Waals surface area contributed by atoms with Gasteiger partial charge >= 0.3 is 11.9 Å². The minimum atomic E-state index is -0.446. The molecule has 0 aromatic heterocycles. The van der Waals surface area contributed by atoms with Gasteiger partial charge in [0, 0.05) is 11.8 Å². The molecule has 178 valence electrons. The minimum absolute atomic E-state index is 0.313. The Balaban J connectivity index is 3.31. The summed E-state index contributed by atoms with van der Waals surface area (Å²) >= 11 is 11.3. The highest BCUT2D eigenvalue weighted by Crippen LogP contribution is 2.12. The molecule has 0 amide bonds. The van der Waals surface area contributed by atoms with E-state index < -0.39 is 11.9 Å². The van der Waals surface area contributed by atoms with Crippen LogP contribution in [0.1, 0.15) is 128 Å². The van der Waals surface area contributed by atoms with Gasteiger partial charge in [-0.15, -0.1) is 23.2 Å². The van der Waals surface area contributed by atoms with E-state index in [4.69, 9.17) is 23.2 Å². The van der Waals surface area contributed by atoms with E-state index in [1.54, 1.807) is 0 Å². The maximum atomic E-state index is 11.6. The van der Waals surface area contributed by atoms with Crippen molar-refractivity contribution < 1.29 is 19.4 Å². The van der Waals surface area contributed by atoms with Gasteiger partial charge < -0.3 is 0 Å². The first-order valence-corrected chi connectivity index (χ1v) is 13.3. The zero-order valence-corrected chi connectivity index (χ0v) is 20.5. The van der Waals surface area contributed by atoms with Crippen molar-refractivity contribution in [2.45, 2.75) is 128 Å². The van der Waals surface area contributed by atoms with Crippen LogP contribution >= 0.6 is 23.2 Å². The lowest BCUT2D eigenvalue weighted by Crippen LogP contribution is -2.11. The van der Waals surface area contributed by atoms with E-state index in [1.807, 2.05) is 0 Å². The first kappa shape index (κ1) is 29.5. The number of halogens is 2. The van der Waals surface area contributed by atoms with Crippen molar-refractivity contribution in [1.82, 2.24) is 0 Å². The Kier molecular flexibility index (Phi) is 24.4. The quantitative estimate of drug-likeness (QED) is 0.0696. The van der Waals surface area contributed by atoms with Crippen LogP contribution in [0.2, 0.25) is 0 Å². The second-order valence-corrected chi connectivity index (χ2v) is 8.91. The highest BCUT2D eigenvalue weighted by molar-refractivity contribution is 6.18. The van der Waals surface area contributed by atoms with Crippen LogP contribution in [0.4, 0.5) is 0 Å². The van der Waals surface area contributed by atoms with Gasteiger partial charge in [-0.2, -0.15) is 0 Å². The number of hydrogen-bond donors (Lipinski definition) is 0. The maximum Gasteiger partial charge on any atom is 0.355 e. The molecule has 0 aliphatic heterocycles. The Morgan fingerprint density at radius 2 is 0.633 bits per heavy atom. The summed E-state index contributed by atoms with van der Waals surface area (Å²) in [6, 6.07) is 0. The average molecular weight is 468 g/mol. The molecule has 0 bridgehead atoms. The van der Waals surface area contributed by atoms with Gasteiger partial charge in [-0.1, -0.05) is 89.9 Å². The molecule has 0 aliphatic carbocycles. The fourth-order valence-corrected chi connectivity index (χ4v) is 3.76. The molecule has 0 spiro atoms. The summed E-state index contributed by atoms with van der Waals surface area (Å²) < 4.78 is 0. The van der Waals surface area contributed by atoms with Crippen LogP contribution in [0.25, 0.3) is 0 Å². The van der Waals surface area contributed by atoms with E-state index in [-0.39, 0.29) is 0 Å². The van der Waals surface area contributed by atoms with Crippen LogP contribution < -0.4 is 0 Å². The molecule has 30 heavy (non-hydrogen) atoms. The molecular formula is C24H44Cl2O4. The third kappa shape index (κ3) is 23.8. The van der Waals surface area contributed by atoms with Crippen molar-refractivity contribution in [3.05, 3.63) is 0 Å². The standard InChI is InChI=1S/C24H44Cl2O4/c25-21-17-13-9-5-1-3-7-11-15-19-23(27)29-30-24(28)20-16-12-8-4-2-6-10-14-18-22-26/h1-22H2. The van der Waals surface area contributed by atoms with Crippen molar-refractivity contribution in [3.63, 3.8) is 0 Å². The van der Waals surface area contributed by atoms with Gasteiger partial charge in [0.2, 0.25) is 0 Å². The molecule has 0 atom stereocenters.